The van der Waals surface area contributed by atoms with Crippen LogP contribution in [0.3, 0.4) is 0 Å². The number of amides is 2. The second-order valence-corrected chi connectivity index (χ2v) is 11.0. The maximum Gasteiger partial charge on any atom is 0.262 e. The topological polar surface area (TPSA) is 108 Å². The molecule has 182 valence electrons. The zero-order valence-corrected chi connectivity index (χ0v) is 20.4. The molecule has 2 aromatic carbocycles. The zero-order chi connectivity index (χ0) is 24.5. The number of benzene rings is 2. The quantitative estimate of drug-likeness (QED) is 0.650. The highest BCUT2D eigenvalue weighted by Crippen LogP contribution is 2.32. The summed E-state index contributed by atoms with van der Waals surface area (Å²) in [6, 6.07) is 9.73. The van der Waals surface area contributed by atoms with Crippen LogP contribution in [0.1, 0.15) is 48.1 Å². The van der Waals surface area contributed by atoms with E-state index in [9.17, 15) is 18.0 Å². The smallest absolute Gasteiger partial charge is 0.262 e. The molecule has 0 aliphatic carbocycles. The molecule has 9 nitrogen and oxygen atoms in total. The lowest BCUT2D eigenvalue weighted by Crippen LogP contribution is -2.34. The number of fused-ring (bicyclic) bond motifs is 1. The van der Waals surface area contributed by atoms with E-state index >= 15 is 0 Å². The lowest BCUT2D eigenvalue weighted by atomic mass is 10.0. The molecule has 0 spiro atoms. The Morgan fingerprint density at radius 2 is 1.85 bits per heavy atom. The molecular weight excluding hydrogens is 456 g/mol. The van der Waals surface area contributed by atoms with Crippen molar-refractivity contribution in [3.8, 4) is 5.75 Å². The van der Waals surface area contributed by atoms with Gasteiger partial charge in [0.05, 0.1) is 22.2 Å². The van der Waals surface area contributed by atoms with E-state index in [-0.39, 0.29) is 29.4 Å². The Morgan fingerprint density at radius 3 is 2.56 bits per heavy atom. The Labute approximate surface area is 200 Å². The second kappa shape index (κ2) is 9.63. The van der Waals surface area contributed by atoms with Gasteiger partial charge in [0.25, 0.3) is 11.8 Å². The number of hydrogen-bond donors (Lipinski definition) is 2. The van der Waals surface area contributed by atoms with Crippen molar-refractivity contribution in [1.82, 2.24) is 9.62 Å². The largest absolute Gasteiger partial charge is 0.482 e. The summed E-state index contributed by atoms with van der Waals surface area (Å²) in [4.78, 5) is 27.3. The monoisotopic (exact) mass is 486 g/mol. The molecule has 2 heterocycles. The number of nitrogens with one attached hydrogen (secondary N) is 2. The Kier molecular flexibility index (Phi) is 6.81. The maximum atomic E-state index is 13.4. The molecule has 2 N–H and O–H groups in total. The van der Waals surface area contributed by atoms with Crippen molar-refractivity contribution in [3.05, 3.63) is 47.5 Å². The minimum Gasteiger partial charge on any atom is -0.482 e. The lowest BCUT2D eigenvalue weighted by Gasteiger charge is -2.31. The summed E-state index contributed by atoms with van der Waals surface area (Å²) in [6.45, 7) is 3.45. The first-order chi connectivity index (χ1) is 16.2. The van der Waals surface area contributed by atoms with Gasteiger partial charge in [-0.15, -0.1) is 0 Å². The third-order valence-electron chi connectivity index (χ3n) is 6.17. The van der Waals surface area contributed by atoms with Gasteiger partial charge in [-0.2, -0.15) is 0 Å². The van der Waals surface area contributed by atoms with E-state index in [0.717, 1.165) is 47.9 Å². The third kappa shape index (κ3) is 4.88. The molecule has 0 aromatic heterocycles. The van der Waals surface area contributed by atoms with E-state index in [1.165, 1.54) is 20.2 Å². The second-order valence-electron chi connectivity index (χ2n) is 8.80. The number of sulfonamides is 1. The van der Waals surface area contributed by atoms with Crippen LogP contribution in [0.25, 0.3) is 0 Å². The molecule has 1 fully saturated rings. The van der Waals surface area contributed by atoms with Gasteiger partial charge in [-0.25, -0.2) is 12.7 Å². The number of nitrogens with zero attached hydrogens (tertiary/aromatic N) is 2. The van der Waals surface area contributed by atoms with E-state index < -0.39 is 10.0 Å². The van der Waals surface area contributed by atoms with E-state index in [0.29, 0.717) is 17.0 Å². The molecule has 2 aromatic rings. The molecule has 1 atom stereocenters. The molecule has 4 rings (SSSR count). The number of carbonyl (C=O) groups excluding carboxylic acids is 2. The minimum absolute atomic E-state index is 0.0237. The molecule has 2 aliphatic rings. The molecule has 1 unspecified atom stereocenters. The number of piperidine rings is 1. The number of hydrogen-bond acceptors (Lipinski definition) is 6. The summed E-state index contributed by atoms with van der Waals surface area (Å²) >= 11 is 0. The summed E-state index contributed by atoms with van der Waals surface area (Å²) < 4.78 is 32.0. The standard InChI is InChI=1S/C24H30N4O5S/c1-16(17-7-10-22-20(13-17)26-23(29)15-33-22)25-24(30)19-14-18(34(31,32)27(2)3)8-9-21(19)28-11-5-4-6-12-28/h7-10,13-14,16H,4-6,11-12,15H2,1-3H3,(H,25,30)(H,26,29). The van der Waals surface area contributed by atoms with Gasteiger partial charge < -0.3 is 20.3 Å². The van der Waals surface area contributed by atoms with Gasteiger partial charge in [0.1, 0.15) is 5.75 Å². The SMILES string of the molecule is CC(NC(=O)c1cc(S(=O)(=O)N(C)C)ccc1N1CCCCC1)c1ccc2c(c1)NC(=O)CO2. The molecule has 1 saturated heterocycles. The third-order valence-corrected chi connectivity index (χ3v) is 7.98. The van der Waals surface area contributed by atoms with Gasteiger partial charge in [0.2, 0.25) is 10.0 Å². The van der Waals surface area contributed by atoms with Crippen molar-refractivity contribution in [3.63, 3.8) is 0 Å². The van der Waals surface area contributed by atoms with Crippen LogP contribution in [-0.2, 0) is 14.8 Å². The van der Waals surface area contributed by atoms with Crippen LogP contribution in [0.2, 0.25) is 0 Å². The highest BCUT2D eigenvalue weighted by molar-refractivity contribution is 7.89. The van der Waals surface area contributed by atoms with Crippen LogP contribution in [0.15, 0.2) is 41.3 Å². The van der Waals surface area contributed by atoms with Crippen molar-refractivity contribution in [2.45, 2.75) is 37.1 Å². The molecule has 0 bridgehead atoms. The normalized spacial score (nSPS) is 16.9. The fourth-order valence-electron chi connectivity index (χ4n) is 4.21. The van der Waals surface area contributed by atoms with Crippen LogP contribution in [0.5, 0.6) is 5.75 Å². The van der Waals surface area contributed by atoms with E-state index in [1.807, 2.05) is 13.0 Å². The average Bonchev–Trinajstić information content (AvgIpc) is 2.83. The van der Waals surface area contributed by atoms with Gasteiger partial charge >= 0.3 is 0 Å². The minimum atomic E-state index is -3.70. The summed E-state index contributed by atoms with van der Waals surface area (Å²) in [5, 5.41) is 5.76. The number of carbonyl (C=O) groups is 2. The van der Waals surface area contributed by atoms with Gasteiger partial charge in [-0.3, -0.25) is 9.59 Å². The Balaban J connectivity index is 1.64. The molecule has 10 heteroatoms. The average molecular weight is 487 g/mol. The van der Waals surface area contributed by atoms with Crippen molar-refractivity contribution in [2.75, 3.05) is 44.0 Å². The fraction of sp³-hybridized carbons (Fsp3) is 0.417. The van der Waals surface area contributed by atoms with Crippen molar-refractivity contribution in [2.24, 2.45) is 0 Å². The van der Waals surface area contributed by atoms with Crippen molar-refractivity contribution in [1.29, 1.82) is 0 Å². The van der Waals surface area contributed by atoms with E-state index in [2.05, 4.69) is 15.5 Å². The summed E-state index contributed by atoms with van der Waals surface area (Å²) in [5.41, 5.74) is 2.40. The van der Waals surface area contributed by atoms with Gasteiger partial charge in [-0.05, 0) is 62.1 Å². The summed E-state index contributed by atoms with van der Waals surface area (Å²) in [6.07, 6.45) is 3.19. The van der Waals surface area contributed by atoms with Crippen molar-refractivity contribution >= 4 is 33.2 Å². The van der Waals surface area contributed by atoms with Crippen LogP contribution < -0.4 is 20.3 Å². The summed E-state index contributed by atoms with van der Waals surface area (Å²) in [5.74, 6) is -0.0100. The predicted molar refractivity (Wildman–Crippen MR) is 130 cm³/mol. The lowest BCUT2D eigenvalue weighted by molar-refractivity contribution is -0.118. The Morgan fingerprint density at radius 1 is 1.12 bits per heavy atom. The summed E-state index contributed by atoms with van der Waals surface area (Å²) in [7, 11) is -0.763. The number of rotatable bonds is 6. The van der Waals surface area contributed by atoms with Gasteiger partial charge in [-0.1, -0.05) is 6.07 Å². The molecule has 0 saturated carbocycles. The van der Waals surface area contributed by atoms with E-state index in [1.54, 1.807) is 24.3 Å². The first-order valence-corrected chi connectivity index (χ1v) is 12.8. The highest BCUT2D eigenvalue weighted by atomic mass is 32.2. The molecular formula is C24H30N4O5S. The maximum absolute atomic E-state index is 13.4. The number of ether oxygens (including phenoxy) is 1. The van der Waals surface area contributed by atoms with E-state index in [4.69, 9.17) is 4.74 Å². The molecule has 34 heavy (non-hydrogen) atoms. The molecule has 0 radical (unpaired) electrons. The molecule has 2 amide bonds. The fourth-order valence-corrected chi connectivity index (χ4v) is 5.14. The van der Waals surface area contributed by atoms with Gasteiger partial charge in [0, 0.05) is 32.9 Å². The molecule has 2 aliphatic heterocycles. The zero-order valence-electron chi connectivity index (χ0n) is 19.6. The Bertz CT molecular complexity index is 1210. The van der Waals surface area contributed by atoms with Crippen LogP contribution in [-0.4, -0.2) is 58.3 Å². The number of anilines is 2. The van der Waals surface area contributed by atoms with Crippen LogP contribution in [0.4, 0.5) is 11.4 Å². The first kappa shape index (κ1) is 24.0. The van der Waals surface area contributed by atoms with Crippen LogP contribution >= 0.6 is 0 Å². The van der Waals surface area contributed by atoms with Crippen molar-refractivity contribution < 1.29 is 22.7 Å². The first-order valence-electron chi connectivity index (χ1n) is 11.4. The predicted octanol–water partition coefficient (Wildman–Crippen LogP) is 2.75. The highest BCUT2D eigenvalue weighted by Gasteiger charge is 2.25. The van der Waals surface area contributed by atoms with Crippen LogP contribution in [0, 0.1) is 0 Å². The Hall–Kier alpha value is -3.11. The van der Waals surface area contributed by atoms with Gasteiger partial charge in [0.15, 0.2) is 6.61 Å².